The lowest BCUT2D eigenvalue weighted by molar-refractivity contribution is -0.193. The molecule has 1 saturated heterocycles. The Labute approximate surface area is 285 Å². The van der Waals surface area contributed by atoms with Gasteiger partial charge >= 0.3 is 48.6 Å². The van der Waals surface area contributed by atoms with Crippen molar-refractivity contribution in [3.8, 4) is 0 Å². The van der Waals surface area contributed by atoms with Crippen molar-refractivity contribution in [3.05, 3.63) is 47.8 Å². The minimum absolute atomic E-state index is 0.127. The average Bonchev–Trinajstić information content (AvgIpc) is 3.40. The quantitative estimate of drug-likeness (QED) is 0.308. The van der Waals surface area contributed by atoms with E-state index in [1.54, 1.807) is 0 Å². The van der Waals surface area contributed by atoms with Gasteiger partial charge in [0.05, 0.1) is 11.2 Å². The molecule has 0 radical (unpaired) electrons. The van der Waals surface area contributed by atoms with E-state index in [0.717, 1.165) is 52.1 Å². The van der Waals surface area contributed by atoms with Gasteiger partial charge in [-0.05, 0) is 38.4 Å². The number of carboxylic acid groups (broad SMARTS) is 4. The van der Waals surface area contributed by atoms with E-state index in [0.29, 0.717) is 0 Å². The third kappa shape index (κ3) is 15.7. The van der Waals surface area contributed by atoms with E-state index in [2.05, 4.69) is 51.5 Å². The topological polar surface area (TPSA) is 186 Å². The highest BCUT2D eigenvalue weighted by Crippen LogP contribution is 2.41. The first kappa shape index (κ1) is 47.3. The first-order chi connectivity index (χ1) is 23.5. The number of aliphatic carboxylic acids is 4. The number of aryl methyl sites for hydroxylation is 1. The fraction of sp³-hybridized carbons (Fsp3) is 0.556. The number of imidazole rings is 1. The van der Waals surface area contributed by atoms with E-state index in [9.17, 15) is 52.7 Å². The number of halogens is 12. The maximum absolute atomic E-state index is 10.6. The molecule has 2 aliphatic rings. The average molecular weight is 782 g/mol. The fourth-order valence-electron chi connectivity index (χ4n) is 4.49. The molecule has 0 atom stereocenters. The van der Waals surface area contributed by atoms with Gasteiger partial charge in [-0.2, -0.15) is 52.7 Å². The largest absolute Gasteiger partial charge is 0.490 e. The zero-order valence-corrected chi connectivity index (χ0v) is 26.7. The molecule has 4 N–H and O–H groups in total. The molecule has 2 aromatic heterocycles. The van der Waals surface area contributed by atoms with Crippen LogP contribution in [0.4, 0.5) is 52.7 Å². The van der Waals surface area contributed by atoms with Gasteiger partial charge in [-0.1, -0.05) is 13.0 Å². The SMILES string of the molecule is CCN1CCn2c(C)cnc2C12CCN(Cc1ccccn1)CC2.O=C(O)C(F)(F)F.O=C(O)C(F)(F)F.O=C(O)C(F)(F)F.O=C(O)C(F)(F)F. The van der Waals surface area contributed by atoms with Gasteiger partial charge in [0.1, 0.15) is 5.82 Å². The number of alkyl halides is 12. The summed E-state index contributed by atoms with van der Waals surface area (Å²) in [5, 5.41) is 28.5. The van der Waals surface area contributed by atoms with Gasteiger partial charge in [-0.3, -0.25) is 14.8 Å². The van der Waals surface area contributed by atoms with Gasteiger partial charge in [-0.25, -0.2) is 24.2 Å². The molecule has 0 amide bonds. The molecule has 4 heterocycles. The Kier molecular flexibility index (Phi) is 17.5. The Bertz CT molecular complexity index is 1360. The van der Waals surface area contributed by atoms with Crippen molar-refractivity contribution in [3.63, 3.8) is 0 Å². The Morgan fingerprint density at radius 3 is 1.42 bits per heavy atom. The highest BCUT2D eigenvalue weighted by atomic mass is 19.4. The summed E-state index contributed by atoms with van der Waals surface area (Å²) in [5.41, 5.74) is 2.60. The number of fused-ring (bicyclic) bond motifs is 2. The second kappa shape index (κ2) is 19.2. The lowest BCUT2D eigenvalue weighted by Crippen LogP contribution is -2.57. The zero-order valence-electron chi connectivity index (χ0n) is 26.7. The van der Waals surface area contributed by atoms with Crippen LogP contribution in [0.5, 0.6) is 0 Å². The standard InChI is InChI=1S/C19H27N5.4C2HF3O2/c1-3-23-12-13-24-16(2)14-21-18(24)19(23)7-10-22(11-8-19)15-17-6-4-5-9-20-17;4*3-2(4,5)1(6)7/h4-6,9,14H,3,7-8,10-13,15H2,1-2H3;4*(H,6,7). The maximum Gasteiger partial charge on any atom is 0.490 e. The molecule has 1 spiro atoms. The van der Waals surface area contributed by atoms with Gasteiger partial charge in [0.25, 0.3) is 0 Å². The lowest BCUT2D eigenvalue weighted by atomic mass is 9.83. The minimum Gasteiger partial charge on any atom is -0.475 e. The van der Waals surface area contributed by atoms with Crippen molar-refractivity contribution < 1.29 is 92.3 Å². The Balaban J connectivity index is 0.000000764. The number of likely N-dealkylation sites (tertiary alicyclic amines) is 1. The predicted molar refractivity (Wildman–Crippen MR) is 149 cm³/mol. The predicted octanol–water partition coefficient (Wildman–Crippen LogP) is 4.95. The highest BCUT2D eigenvalue weighted by Gasteiger charge is 2.46. The molecule has 0 aliphatic carbocycles. The van der Waals surface area contributed by atoms with Crippen LogP contribution in [-0.4, -0.2) is 120 Å². The smallest absolute Gasteiger partial charge is 0.475 e. The van der Waals surface area contributed by atoms with Gasteiger partial charge in [-0.15, -0.1) is 0 Å². The van der Waals surface area contributed by atoms with Crippen LogP contribution < -0.4 is 0 Å². The number of piperidine rings is 1. The molecule has 0 saturated carbocycles. The molecule has 0 aromatic carbocycles. The Hall–Kier alpha value is -4.68. The second-order valence-corrected chi connectivity index (χ2v) is 10.3. The van der Waals surface area contributed by atoms with Gasteiger partial charge < -0.3 is 25.0 Å². The number of rotatable bonds is 3. The van der Waals surface area contributed by atoms with E-state index >= 15 is 0 Å². The molecule has 2 aromatic rings. The van der Waals surface area contributed by atoms with Gasteiger partial charge in [0.15, 0.2) is 0 Å². The third-order valence-corrected chi connectivity index (χ3v) is 6.82. The molecule has 2 aliphatic heterocycles. The van der Waals surface area contributed by atoms with E-state index in [-0.39, 0.29) is 5.54 Å². The van der Waals surface area contributed by atoms with Crippen LogP contribution in [0.2, 0.25) is 0 Å². The number of carboxylic acids is 4. The van der Waals surface area contributed by atoms with Crippen molar-refractivity contribution in [2.24, 2.45) is 0 Å². The molecule has 4 rings (SSSR count). The second-order valence-electron chi connectivity index (χ2n) is 10.3. The molecular formula is C27H31F12N5O8. The first-order valence-corrected chi connectivity index (χ1v) is 14.1. The number of hydrogen-bond donors (Lipinski definition) is 4. The highest BCUT2D eigenvalue weighted by molar-refractivity contribution is 5.74. The van der Waals surface area contributed by atoms with E-state index in [4.69, 9.17) is 44.6 Å². The van der Waals surface area contributed by atoms with Crippen LogP contribution >= 0.6 is 0 Å². The van der Waals surface area contributed by atoms with Crippen LogP contribution in [0.3, 0.4) is 0 Å². The van der Waals surface area contributed by atoms with Gasteiger partial charge in [0, 0.05) is 50.8 Å². The number of nitrogens with zero attached hydrogens (tertiary/aromatic N) is 5. The van der Waals surface area contributed by atoms with Crippen molar-refractivity contribution in [1.82, 2.24) is 24.3 Å². The van der Waals surface area contributed by atoms with Crippen LogP contribution in [0.25, 0.3) is 0 Å². The summed E-state index contributed by atoms with van der Waals surface area (Å²) in [6, 6.07) is 6.19. The molecule has 25 heteroatoms. The van der Waals surface area contributed by atoms with E-state index in [1.807, 2.05) is 12.3 Å². The maximum atomic E-state index is 10.6. The van der Waals surface area contributed by atoms with Crippen molar-refractivity contribution in [1.29, 1.82) is 0 Å². The summed E-state index contributed by atoms with van der Waals surface area (Å²) in [6.45, 7) is 11.0. The third-order valence-electron chi connectivity index (χ3n) is 6.82. The fourth-order valence-corrected chi connectivity index (χ4v) is 4.49. The van der Waals surface area contributed by atoms with Crippen LogP contribution in [0, 0.1) is 6.92 Å². The monoisotopic (exact) mass is 781 g/mol. The minimum atomic E-state index is -5.08. The number of likely N-dealkylation sites (N-methyl/N-ethyl adjacent to an activating group) is 1. The van der Waals surface area contributed by atoms with E-state index < -0.39 is 48.6 Å². The van der Waals surface area contributed by atoms with E-state index in [1.165, 1.54) is 17.2 Å². The first-order valence-electron chi connectivity index (χ1n) is 14.1. The van der Waals surface area contributed by atoms with Crippen LogP contribution in [-0.2, 0) is 37.8 Å². The molecular weight excluding hydrogens is 750 g/mol. The summed E-state index contributed by atoms with van der Waals surface area (Å²) >= 11 is 0. The van der Waals surface area contributed by atoms with Gasteiger partial charge in [0.2, 0.25) is 0 Å². The summed E-state index contributed by atoms with van der Waals surface area (Å²) in [4.78, 5) is 50.1. The molecule has 1 fully saturated rings. The lowest BCUT2D eigenvalue weighted by Gasteiger charge is -2.50. The molecule has 13 nitrogen and oxygen atoms in total. The summed E-state index contributed by atoms with van der Waals surface area (Å²) < 4.78 is 129. The Morgan fingerprint density at radius 1 is 0.692 bits per heavy atom. The Morgan fingerprint density at radius 2 is 1.10 bits per heavy atom. The van der Waals surface area contributed by atoms with Crippen LogP contribution in [0.15, 0.2) is 30.6 Å². The summed E-state index contributed by atoms with van der Waals surface area (Å²) in [5.74, 6) is -9.73. The normalized spacial score (nSPS) is 15.8. The number of hydrogen-bond acceptors (Lipinski definition) is 8. The number of carbonyl (C=O) groups is 4. The molecule has 52 heavy (non-hydrogen) atoms. The number of pyridine rings is 1. The molecule has 0 bridgehead atoms. The van der Waals surface area contributed by atoms with Crippen molar-refractivity contribution in [2.75, 3.05) is 26.2 Å². The summed E-state index contributed by atoms with van der Waals surface area (Å²) in [6.07, 6.45) is -14.1. The number of aromatic nitrogens is 3. The van der Waals surface area contributed by atoms with Crippen molar-refractivity contribution >= 4 is 23.9 Å². The molecule has 0 unspecified atom stereocenters. The van der Waals surface area contributed by atoms with Crippen LogP contribution in [0.1, 0.15) is 37.0 Å². The molecule has 296 valence electrons. The van der Waals surface area contributed by atoms with Crippen molar-refractivity contribution in [2.45, 2.75) is 70.0 Å². The zero-order chi connectivity index (χ0) is 40.9. The summed E-state index contributed by atoms with van der Waals surface area (Å²) in [7, 11) is 0.